The summed E-state index contributed by atoms with van der Waals surface area (Å²) in [5.41, 5.74) is 2.02. The minimum Gasteiger partial charge on any atom is -0.298 e. The number of imidazole rings is 1. The van der Waals surface area contributed by atoms with E-state index in [2.05, 4.69) is 4.98 Å². The number of benzene rings is 1. The number of nitrogens with zero attached hydrogens (tertiary/aromatic N) is 2. The standard InChI is InChI=1S/C13H8Cl2N2/c14-10-3-1-9(2-4-10)13-16-7-12-6-5-11(15)8-17(12)13/h1-8H. The third kappa shape index (κ3) is 1.90. The van der Waals surface area contributed by atoms with Crippen molar-refractivity contribution in [1.82, 2.24) is 9.38 Å². The largest absolute Gasteiger partial charge is 0.298 e. The van der Waals surface area contributed by atoms with Gasteiger partial charge in [-0.15, -0.1) is 0 Å². The van der Waals surface area contributed by atoms with E-state index in [9.17, 15) is 0 Å². The Balaban J connectivity index is 2.23. The maximum atomic E-state index is 5.99. The molecule has 17 heavy (non-hydrogen) atoms. The van der Waals surface area contributed by atoms with E-state index in [1.807, 2.05) is 53.2 Å². The lowest BCUT2D eigenvalue weighted by Gasteiger charge is -2.02. The number of pyridine rings is 1. The summed E-state index contributed by atoms with van der Waals surface area (Å²) in [7, 11) is 0. The smallest absolute Gasteiger partial charge is 0.144 e. The topological polar surface area (TPSA) is 17.3 Å². The molecule has 0 amide bonds. The summed E-state index contributed by atoms with van der Waals surface area (Å²) in [6, 6.07) is 11.4. The predicted octanol–water partition coefficient (Wildman–Crippen LogP) is 4.31. The molecule has 2 nitrogen and oxygen atoms in total. The summed E-state index contributed by atoms with van der Waals surface area (Å²) in [5.74, 6) is 0.860. The first-order valence-electron chi connectivity index (χ1n) is 5.12. The van der Waals surface area contributed by atoms with E-state index >= 15 is 0 Å². The molecule has 0 saturated carbocycles. The summed E-state index contributed by atoms with van der Waals surface area (Å²) in [4.78, 5) is 4.40. The zero-order chi connectivity index (χ0) is 11.8. The molecule has 3 rings (SSSR count). The molecule has 4 heteroatoms. The van der Waals surface area contributed by atoms with Crippen LogP contribution in [0.15, 0.2) is 48.8 Å². The molecular formula is C13H8Cl2N2. The first-order chi connectivity index (χ1) is 8.24. The minimum absolute atomic E-state index is 0.686. The van der Waals surface area contributed by atoms with E-state index in [1.165, 1.54) is 0 Å². The van der Waals surface area contributed by atoms with Gasteiger partial charge in [-0.25, -0.2) is 4.98 Å². The highest BCUT2D eigenvalue weighted by molar-refractivity contribution is 6.30. The summed E-state index contributed by atoms with van der Waals surface area (Å²) in [6.07, 6.45) is 3.67. The molecule has 0 saturated heterocycles. The molecule has 0 N–H and O–H groups in total. The van der Waals surface area contributed by atoms with Crippen LogP contribution in [0.5, 0.6) is 0 Å². The lowest BCUT2D eigenvalue weighted by molar-refractivity contribution is 1.16. The summed E-state index contributed by atoms with van der Waals surface area (Å²) < 4.78 is 1.96. The van der Waals surface area contributed by atoms with Gasteiger partial charge in [0, 0.05) is 16.8 Å². The molecule has 0 aliphatic carbocycles. The highest BCUT2D eigenvalue weighted by Gasteiger charge is 2.06. The monoisotopic (exact) mass is 262 g/mol. The van der Waals surface area contributed by atoms with Crippen molar-refractivity contribution in [3.63, 3.8) is 0 Å². The first-order valence-corrected chi connectivity index (χ1v) is 5.88. The molecule has 0 bridgehead atoms. The van der Waals surface area contributed by atoms with E-state index in [0.29, 0.717) is 10.0 Å². The van der Waals surface area contributed by atoms with Crippen LogP contribution < -0.4 is 0 Å². The molecule has 0 spiro atoms. The molecule has 0 unspecified atom stereocenters. The molecule has 0 atom stereocenters. The van der Waals surface area contributed by atoms with Crippen LogP contribution in [0.4, 0.5) is 0 Å². The lowest BCUT2D eigenvalue weighted by atomic mass is 10.2. The molecule has 0 fully saturated rings. The second-order valence-corrected chi connectivity index (χ2v) is 4.60. The van der Waals surface area contributed by atoms with Gasteiger partial charge >= 0.3 is 0 Å². The highest BCUT2D eigenvalue weighted by Crippen LogP contribution is 2.23. The van der Waals surface area contributed by atoms with Gasteiger partial charge in [0.05, 0.1) is 16.7 Å². The second kappa shape index (κ2) is 4.06. The van der Waals surface area contributed by atoms with Crippen molar-refractivity contribution in [2.75, 3.05) is 0 Å². The van der Waals surface area contributed by atoms with E-state index in [4.69, 9.17) is 23.2 Å². The van der Waals surface area contributed by atoms with Gasteiger partial charge in [0.25, 0.3) is 0 Å². The summed E-state index contributed by atoms with van der Waals surface area (Å²) >= 11 is 11.9. The van der Waals surface area contributed by atoms with Crippen LogP contribution in [-0.4, -0.2) is 9.38 Å². The van der Waals surface area contributed by atoms with Crippen molar-refractivity contribution < 1.29 is 0 Å². The van der Waals surface area contributed by atoms with Crippen LogP contribution in [0, 0.1) is 0 Å². The second-order valence-electron chi connectivity index (χ2n) is 3.73. The van der Waals surface area contributed by atoms with Gasteiger partial charge in [-0.3, -0.25) is 4.40 Å². The third-order valence-corrected chi connectivity index (χ3v) is 3.07. The normalized spacial score (nSPS) is 10.9. The number of hydrogen-bond acceptors (Lipinski definition) is 1. The van der Waals surface area contributed by atoms with Crippen LogP contribution in [0.1, 0.15) is 0 Å². The van der Waals surface area contributed by atoms with Crippen LogP contribution in [0.2, 0.25) is 10.0 Å². The number of rotatable bonds is 1. The molecule has 3 aromatic rings. The molecule has 0 aliphatic heterocycles. The Bertz CT molecular complexity index is 671. The molecule has 84 valence electrons. The van der Waals surface area contributed by atoms with E-state index in [-0.39, 0.29) is 0 Å². The van der Waals surface area contributed by atoms with E-state index in [1.54, 1.807) is 0 Å². The van der Waals surface area contributed by atoms with Gasteiger partial charge in [-0.1, -0.05) is 23.2 Å². The average molecular weight is 263 g/mol. The van der Waals surface area contributed by atoms with Gasteiger partial charge in [0.15, 0.2) is 0 Å². The number of aromatic nitrogens is 2. The highest BCUT2D eigenvalue weighted by atomic mass is 35.5. The van der Waals surface area contributed by atoms with Crippen molar-refractivity contribution in [2.45, 2.75) is 0 Å². The minimum atomic E-state index is 0.686. The van der Waals surface area contributed by atoms with Gasteiger partial charge < -0.3 is 0 Å². The van der Waals surface area contributed by atoms with Crippen molar-refractivity contribution in [1.29, 1.82) is 0 Å². The Morgan fingerprint density at radius 1 is 0.882 bits per heavy atom. The van der Waals surface area contributed by atoms with Crippen LogP contribution in [-0.2, 0) is 0 Å². The average Bonchev–Trinajstić information content (AvgIpc) is 2.73. The molecule has 2 aromatic heterocycles. The van der Waals surface area contributed by atoms with Crippen molar-refractivity contribution >= 4 is 28.7 Å². The molecule has 2 heterocycles. The SMILES string of the molecule is Clc1ccc(-c2ncc3ccc(Cl)cn23)cc1. The first kappa shape index (κ1) is 10.6. The van der Waals surface area contributed by atoms with Crippen LogP contribution in [0.25, 0.3) is 16.9 Å². The van der Waals surface area contributed by atoms with Gasteiger partial charge in [-0.2, -0.15) is 0 Å². The fourth-order valence-corrected chi connectivity index (χ4v) is 2.06. The summed E-state index contributed by atoms with van der Waals surface area (Å²) in [5, 5.41) is 1.40. The fraction of sp³-hybridized carbons (Fsp3) is 0. The van der Waals surface area contributed by atoms with Crippen molar-refractivity contribution in [3.05, 3.63) is 58.8 Å². The quantitative estimate of drug-likeness (QED) is 0.639. The van der Waals surface area contributed by atoms with E-state index < -0.39 is 0 Å². The van der Waals surface area contributed by atoms with Crippen molar-refractivity contribution in [3.8, 4) is 11.4 Å². The predicted molar refractivity (Wildman–Crippen MR) is 70.6 cm³/mol. The Labute approximate surface area is 108 Å². The van der Waals surface area contributed by atoms with Gasteiger partial charge in [-0.05, 0) is 36.4 Å². The zero-order valence-corrected chi connectivity index (χ0v) is 10.3. The Kier molecular flexibility index (Phi) is 2.54. The van der Waals surface area contributed by atoms with E-state index in [0.717, 1.165) is 16.9 Å². The zero-order valence-electron chi connectivity index (χ0n) is 8.77. The molecule has 0 radical (unpaired) electrons. The third-order valence-electron chi connectivity index (χ3n) is 2.59. The number of hydrogen-bond donors (Lipinski definition) is 0. The maximum absolute atomic E-state index is 5.99. The molecule has 0 aliphatic rings. The van der Waals surface area contributed by atoms with Crippen LogP contribution >= 0.6 is 23.2 Å². The summed E-state index contributed by atoms with van der Waals surface area (Å²) in [6.45, 7) is 0. The fourth-order valence-electron chi connectivity index (χ4n) is 1.78. The van der Waals surface area contributed by atoms with Crippen LogP contribution in [0.3, 0.4) is 0 Å². The van der Waals surface area contributed by atoms with Crippen molar-refractivity contribution in [2.24, 2.45) is 0 Å². The number of fused-ring (bicyclic) bond motifs is 1. The Morgan fingerprint density at radius 3 is 2.35 bits per heavy atom. The maximum Gasteiger partial charge on any atom is 0.144 e. The molecular weight excluding hydrogens is 255 g/mol. The van der Waals surface area contributed by atoms with Gasteiger partial charge in [0.1, 0.15) is 5.82 Å². The lowest BCUT2D eigenvalue weighted by Crippen LogP contribution is -1.88. The molecule has 1 aromatic carbocycles. The number of halogens is 2. The Hall–Kier alpha value is -1.51. The Morgan fingerprint density at radius 2 is 1.59 bits per heavy atom. The van der Waals surface area contributed by atoms with Gasteiger partial charge in [0.2, 0.25) is 0 Å².